The third-order valence-electron chi connectivity index (χ3n) is 8.51. The van der Waals surface area contributed by atoms with Gasteiger partial charge in [0.05, 0.1) is 18.1 Å². The minimum absolute atomic E-state index is 0.0984. The highest BCUT2D eigenvalue weighted by atomic mass is 32.2. The van der Waals surface area contributed by atoms with Gasteiger partial charge >= 0.3 is 0 Å². The quantitative estimate of drug-likeness (QED) is 0.760. The zero-order chi connectivity index (χ0) is 19.4. The monoisotopic (exact) mass is 408 g/mol. The molecule has 5 saturated carbocycles. The second kappa shape index (κ2) is 7.26. The molecule has 5 aliphatic carbocycles. The maximum absolute atomic E-state index is 13.4. The number of carbonyl (C=O) groups excluding carboxylic acids is 1. The number of hydrogen-bond acceptors (Lipinski definition) is 4. The molecular formula is C22H36N2O3S. The van der Waals surface area contributed by atoms with Crippen molar-refractivity contribution >= 4 is 15.7 Å². The maximum Gasteiger partial charge on any atom is 0.237 e. The smallest absolute Gasteiger partial charge is 0.237 e. The molecule has 0 radical (unpaired) electrons. The van der Waals surface area contributed by atoms with Gasteiger partial charge in [-0.2, -0.15) is 0 Å². The SMILES string of the molecule is O=C(CNC12CC3CC(CC(C3)C1)C2)N(C1CCCCC1)[C@H]1CCS(=O)(=O)C1. The van der Waals surface area contributed by atoms with Crippen LogP contribution < -0.4 is 5.32 Å². The summed E-state index contributed by atoms with van der Waals surface area (Å²) in [5.74, 6) is 3.17. The molecule has 1 saturated heterocycles. The van der Waals surface area contributed by atoms with Gasteiger partial charge in [0.25, 0.3) is 0 Å². The van der Waals surface area contributed by atoms with E-state index in [1.807, 2.05) is 4.90 Å². The van der Waals surface area contributed by atoms with Crippen LogP contribution in [0.3, 0.4) is 0 Å². The summed E-state index contributed by atoms with van der Waals surface area (Å²) in [5, 5.41) is 3.75. The van der Waals surface area contributed by atoms with E-state index >= 15 is 0 Å². The van der Waals surface area contributed by atoms with E-state index in [0.29, 0.717) is 13.0 Å². The Morgan fingerprint density at radius 1 is 0.893 bits per heavy atom. The zero-order valence-corrected chi connectivity index (χ0v) is 17.9. The van der Waals surface area contributed by atoms with Crippen LogP contribution in [0.1, 0.15) is 77.0 Å². The minimum atomic E-state index is -2.98. The van der Waals surface area contributed by atoms with Crippen LogP contribution in [0.2, 0.25) is 0 Å². The summed E-state index contributed by atoms with van der Waals surface area (Å²) in [6.45, 7) is 0.402. The summed E-state index contributed by atoms with van der Waals surface area (Å²) in [6, 6.07) is 0.150. The summed E-state index contributed by atoms with van der Waals surface area (Å²) >= 11 is 0. The Morgan fingerprint density at radius 3 is 2.04 bits per heavy atom. The van der Waals surface area contributed by atoms with Crippen LogP contribution >= 0.6 is 0 Å². The molecule has 6 rings (SSSR count). The van der Waals surface area contributed by atoms with E-state index in [-0.39, 0.29) is 35.0 Å². The van der Waals surface area contributed by atoms with Crippen molar-refractivity contribution in [2.24, 2.45) is 17.8 Å². The Hall–Kier alpha value is -0.620. The standard InChI is InChI=1S/C22H36N2O3S/c25-21(14-23-22-11-16-8-17(12-22)10-18(9-16)13-22)24(19-4-2-1-3-5-19)20-6-7-28(26,27)15-20/h16-20,23H,1-15H2/t16?,17?,18?,20-,22?/m0/s1. The van der Waals surface area contributed by atoms with Crippen LogP contribution in [0.5, 0.6) is 0 Å². The molecule has 1 N–H and O–H groups in total. The first-order valence-corrected chi connectivity index (χ1v) is 13.5. The van der Waals surface area contributed by atoms with E-state index in [1.165, 1.54) is 44.9 Å². The van der Waals surface area contributed by atoms with Gasteiger partial charge in [-0.3, -0.25) is 4.79 Å². The molecule has 0 spiro atoms. The highest BCUT2D eigenvalue weighted by Gasteiger charge is 2.51. The zero-order valence-electron chi connectivity index (χ0n) is 17.1. The second-order valence-corrected chi connectivity index (χ2v) is 12.9. The molecule has 5 nitrogen and oxygen atoms in total. The van der Waals surface area contributed by atoms with Crippen LogP contribution in [0.15, 0.2) is 0 Å². The summed E-state index contributed by atoms with van der Waals surface area (Å²) < 4.78 is 24.2. The summed E-state index contributed by atoms with van der Waals surface area (Å²) in [4.78, 5) is 15.4. The third-order valence-corrected chi connectivity index (χ3v) is 10.3. The normalized spacial score (nSPS) is 42.0. The van der Waals surface area contributed by atoms with E-state index in [1.54, 1.807) is 0 Å². The predicted octanol–water partition coefficient (Wildman–Crippen LogP) is 2.89. The van der Waals surface area contributed by atoms with Crippen LogP contribution in [0.25, 0.3) is 0 Å². The maximum atomic E-state index is 13.4. The first-order chi connectivity index (χ1) is 13.4. The largest absolute Gasteiger partial charge is 0.335 e. The number of nitrogens with one attached hydrogen (secondary N) is 1. The molecule has 0 unspecified atom stereocenters. The van der Waals surface area contributed by atoms with Gasteiger partial charge < -0.3 is 10.2 Å². The fourth-order valence-electron chi connectivity index (χ4n) is 7.74. The van der Waals surface area contributed by atoms with Crippen LogP contribution in [0, 0.1) is 17.8 Å². The first-order valence-electron chi connectivity index (χ1n) is 11.7. The number of hydrogen-bond donors (Lipinski definition) is 1. The third kappa shape index (κ3) is 3.76. The van der Waals surface area contributed by atoms with Gasteiger partial charge in [-0.05, 0) is 75.5 Å². The molecule has 158 valence electrons. The molecule has 1 heterocycles. The molecule has 6 aliphatic rings. The highest BCUT2D eigenvalue weighted by molar-refractivity contribution is 7.91. The van der Waals surface area contributed by atoms with E-state index in [2.05, 4.69) is 5.32 Å². The molecular weight excluding hydrogens is 372 g/mol. The molecule has 0 aromatic heterocycles. The number of nitrogens with zero attached hydrogens (tertiary/aromatic N) is 1. The molecule has 6 fully saturated rings. The molecule has 6 heteroatoms. The summed E-state index contributed by atoms with van der Waals surface area (Å²) in [6.07, 6.45) is 14.2. The minimum Gasteiger partial charge on any atom is -0.335 e. The Kier molecular flexibility index (Phi) is 5.02. The Balaban J connectivity index is 1.28. The highest BCUT2D eigenvalue weighted by Crippen LogP contribution is 2.55. The molecule has 1 aliphatic heterocycles. The Morgan fingerprint density at radius 2 is 1.50 bits per heavy atom. The number of sulfone groups is 1. The average Bonchev–Trinajstić information content (AvgIpc) is 2.99. The van der Waals surface area contributed by atoms with Gasteiger partial charge in [-0.25, -0.2) is 8.42 Å². The topological polar surface area (TPSA) is 66.5 Å². The Bertz CT molecular complexity index is 678. The van der Waals surface area contributed by atoms with Crippen molar-refractivity contribution in [3.63, 3.8) is 0 Å². The lowest BCUT2D eigenvalue weighted by Crippen LogP contribution is -2.61. The van der Waals surface area contributed by atoms with Crippen molar-refractivity contribution in [2.75, 3.05) is 18.1 Å². The lowest BCUT2D eigenvalue weighted by atomic mass is 9.53. The fourth-order valence-corrected chi connectivity index (χ4v) is 9.45. The van der Waals surface area contributed by atoms with Gasteiger partial charge in [0, 0.05) is 17.6 Å². The molecule has 0 aromatic rings. The number of rotatable bonds is 5. The predicted molar refractivity (Wildman–Crippen MR) is 110 cm³/mol. The lowest BCUT2D eigenvalue weighted by Gasteiger charge is -2.57. The van der Waals surface area contributed by atoms with Crippen molar-refractivity contribution in [3.8, 4) is 0 Å². The molecule has 1 atom stereocenters. The van der Waals surface area contributed by atoms with E-state index in [9.17, 15) is 13.2 Å². The molecule has 28 heavy (non-hydrogen) atoms. The van der Waals surface area contributed by atoms with Gasteiger partial charge in [-0.1, -0.05) is 19.3 Å². The van der Waals surface area contributed by atoms with Gasteiger partial charge in [0.15, 0.2) is 9.84 Å². The van der Waals surface area contributed by atoms with Crippen LogP contribution in [-0.4, -0.2) is 54.9 Å². The second-order valence-electron chi connectivity index (χ2n) is 10.7. The summed E-state index contributed by atoms with van der Waals surface area (Å²) in [7, 11) is -2.98. The van der Waals surface area contributed by atoms with Gasteiger partial charge in [0.2, 0.25) is 5.91 Å². The van der Waals surface area contributed by atoms with Crippen molar-refractivity contribution in [1.82, 2.24) is 10.2 Å². The van der Waals surface area contributed by atoms with Crippen LogP contribution in [0.4, 0.5) is 0 Å². The van der Waals surface area contributed by atoms with E-state index in [4.69, 9.17) is 0 Å². The fraction of sp³-hybridized carbons (Fsp3) is 0.955. The van der Waals surface area contributed by atoms with E-state index in [0.717, 1.165) is 43.4 Å². The van der Waals surface area contributed by atoms with Crippen molar-refractivity contribution in [2.45, 2.75) is 94.7 Å². The number of carbonyl (C=O) groups is 1. The van der Waals surface area contributed by atoms with E-state index < -0.39 is 9.84 Å². The molecule has 0 aromatic carbocycles. The lowest BCUT2D eigenvalue weighted by molar-refractivity contribution is -0.136. The number of amides is 1. The van der Waals surface area contributed by atoms with Crippen LogP contribution in [-0.2, 0) is 14.6 Å². The van der Waals surface area contributed by atoms with Crippen molar-refractivity contribution < 1.29 is 13.2 Å². The molecule has 4 bridgehead atoms. The van der Waals surface area contributed by atoms with Crippen molar-refractivity contribution in [1.29, 1.82) is 0 Å². The molecule has 1 amide bonds. The average molecular weight is 409 g/mol. The Labute approximate surface area is 169 Å². The summed E-state index contributed by atoms with van der Waals surface area (Å²) in [5.41, 5.74) is 0.185. The van der Waals surface area contributed by atoms with Gasteiger partial charge in [0.1, 0.15) is 0 Å². The first kappa shape index (κ1) is 19.3. The van der Waals surface area contributed by atoms with Gasteiger partial charge in [-0.15, -0.1) is 0 Å². The van der Waals surface area contributed by atoms with Crippen molar-refractivity contribution in [3.05, 3.63) is 0 Å².